The van der Waals surface area contributed by atoms with Gasteiger partial charge in [-0.15, -0.1) is 0 Å². The number of imide groups is 1. The third kappa shape index (κ3) is 4.89. The van der Waals surface area contributed by atoms with Crippen molar-refractivity contribution < 1.29 is 23.9 Å². The lowest BCUT2D eigenvalue weighted by Crippen LogP contribution is -2.43. The maximum atomic E-state index is 12.8. The van der Waals surface area contributed by atoms with E-state index in [1.807, 2.05) is 18.2 Å². The van der Waals surface area contributed by atoms with Crippen LogP contribution in [0.3, 0.4) is 0 Å². The number of carbonyl (C=O) groups is 3. The van der Waals surface area contributed by atoms with Crippen molar-refractivity contribution in [2.24, 2.45) is 0 Å². The number of carbonyl (C=O) groups excluding carboxylic acids is 3. The molecule has 1 N–H and O–H groups in total. The summed E-state index contributed by atoms with van der Waals surface area (Å²) in [7, 11) is 3.08. The van der Waals surface area contributed by atoms with Gasteiger partial charge < -0.3 is 19.7 Å². The smallest absolute Gasteiger partial charge is 0.293 e. The van der Waals surface area contributed by atoms with Crippen LogP contribution in [0.4, 0.5) is 10.5 Å². The number of nitrogens with one attached hydrogen (secondary N) is 1. The van der Waals surface area contributed by atoms with Crippen LogP contribution in [-0.4, -0.2) is 61.8 Å². The van der Waals surface area contributed by atoms with Gasteiger partial charge in [0.2, 0.25) is 5.91 Å². The van der Waals surface area contributed by atoms with Crippen LogP contribution in [0.25, 0.3) is 6.08 Å². The van der Waals surface area contributed by atoms with Crippen LogP contribution in [0, 0.1) is 0 Å². The highest BCUT2D eigenvalue weighted by molar-refractivity contribution is 8.18. The van der Waals surface area contributed by atoms with Crippen molar-refractivity contribution in [3.8, 4) is 11.5 Å². The highest BCUT2D eigenvalue weighted by Gasteiger charge is 2.35. The Labute approximate surface area is 202 Å². The summed E-state index contributed by atoms with van der Waals surface area (Å²) in [6.45, 7) is 2.65. The molecule has 0 saturated carbocycles. The molecule has 3 amide bonds. The Morgan fingerprint density at radius 2 is 1.91 bits per heavy atom. The summed E-state index contributed by atoms with van der Waals surface area (Å²) in [4.78, 5) is 41.3. The molecule has 1 fully saturated rings. The largest absolute Gasteiger partial charge is 0.493 e. The first-order chi connectivity index (χ1) is 16.4. The standard InChI is InChI=1S/C25H27N3O5S/c1-16-12-18-6-4-5-7-19(18)28(16)15-23(29)26-10-11-27-24(30)22(34-25(27)31)14-17-8-9-20(32-2)21(13-17)33-3/h4-9,13-14,16H,10-12,15H2,1-3H3,(H,26,29)/b22-14-. The van der Waals surface area contributed by atoms with Crippen LogP contribution in [0.15, 0.2) is 47.4 Å². The quantitative estimate of drug-likeness (QED) is 0.579. The molecule has 1 unspecified atom stereocenters. The van der Waals surface area contributed by atoms with Crippen molar-refractivity contribution in [2.75, 3.05) is 38.8 Å². The third-order valence-corrected chi connectivity index (χ3v) is 6.81. The van der Waals surface area contributed by atoms with E-state index in [9.17, 15) is 14.4 Å². The first kappa shape index (κ1) is 23.7. The van der Waals surface area contributed by atoms with E-state index in [0.717, 1.165) is 34.3 Å². The molecule has 0 aromatic heterocycles. The number of hydrogen-bond donors (Lipinski definition) is 1. The monoisotopic (exact) mass is 481 g/mol. The van der Waals surface area contributed by atoms with Gasteiger partial charge in [-0.1, -0.05) is 24.3 Å². The summed E-state index contributed by atoms with van der Waals surface area (Å²) in [6.07, 6.45) is 2.56. The van der Waals surface area contributed by atoms with Crippen LogP contribution in [0.5, 0.6) is 11.5 Å². The van der Waals surface area contributed by atoms with Gasteiger partial charge in [0.05, 0.1) is 25.7 Å². The molecule has 0 spiro atoms. The van der Waals surface area contributed by atoms with Gasteiger partial charge in [-0.3, -0.25) is 19.3 Å². The zero-order valence-electron chi connectivity index (χ0n) is 19.4. The number of rotatable bonds is 8. The first-order valence-corrected chi connectivity index (χ1v) is 11.8. The average molecular weight is 482 g/mol. The van der Waals surface area contributed by atoms with Gasteiger partial charge in [0.25, 0.3) is 11.1 Å². The fourth-order valence-corrected chi connectivity index (χ4v) is 5.04. The molecule has 1 atom stereocenters. The summed E-state index contributed by atoms with van der Waals surface area (Å²) in [5.41, 5.74) is 3.04. The minimum Gasteiger partial charge on any atom is -0.493 e. The maximum Gasteiger partial charge on any atom is 0.293 e. The van der Waals surface area contributed by atoms with E-state index in [1.165, 1.54) is 12.7 Å². The lowest BCUT2D eigenvalue weighted by atomic mass is 10.1. The molecule has 2 aliphatic rings. The van der Waals surface area contributed by atoms with Crippen LogP contribution >= 0.6 is 11.8 Å². The van der Waals surface area contributed by atoms with Gasteiger partial charge in [0, 0.05) is 24.8 Å². The zero-order chi connectivity index (χ0) is 24.2. The lowest BCUT2D eigenvalue weighted by Gasteiger charge is -2.24. The summed E-state index contributed by atoms with van der Waals surface area (Å²) in [5.74, 6) is 0.598. The number of hydrogen-bond acceptors (Lipinski definition) is 7. The van der Waals surface area contributed by atoms with Crippen molar-refractivity contribution >= 4 is 40.6 Å². The van der Waals surface area contributed by atoms with Crippen molar-refractivity contribution in [3.63, 3.8) is 0 Å². The van der Waals surface area contributed by atoms with E-state index in [1.54, 1.807) is 31.4 Å². The number of para-hydroxylation sites is 1. The minimum atomic E-state index is -0.374. The second kappa shape index (κ2) is 10.2. The molecule has 8 nitrogen and oxygen atoms in total. The minimum absolute atomic E-state index is 0.117. The number of methoxy groups -OCH3 is 2. The van der Waals surface area contributed by atoms with Crippen molar-refractivity contribution in [2.45, 2.75) is 19.4 Å². The third-order valence-electron chi connectivity index (χ3n) is 5.90. The molecular weight excluding hydrogens is 454 g/mol. The van der Waals surface area contributed by atoms with E-state index in [2.05, 4.69) is 23.2 Å². The normalized spacial score (nSPS) is 18.4. The average Bonchev–Trinajstić information content (AvgIpc) is 3.29. The molecule has 4 rings (SSSR count). The number of fused-ring (bicyclic) bond motifs is 1. The molecule has 2 aromatic rings. The molecule has 9 heteroatoms. The molecule has 0 radical (unpaired) electrons. The molecule has 0 bridgehead atoms. The Kier molecular flexibility index (Phi) is 7.12. The number of anilines is 1. The highest BCUT2D eigenvalue weighted by atomic mass is 32.2. The fourth-order valence-electron chi connectivity index (χ4n) is 4.18. The molecule has 1 saturated heterocycles. The second-order valence-electron chi connectivity index (χ2n) is 8.11. The fraction of sp³-hybridized carbons (Fsp3) is 0.320. The zero-order valence-corrected chi connectivity index (χ0v) is 20.2. The number of ether oxygens (including phenoxy) is 2. The van der Waals surface area contributed by atoms with Gasteiger partial charge >= 0.3 is 0 Å². The summed E-state index contributed by atoms with van der Waals surface area (Å²) in [6, 6.07) is 13.6. The van der Waals surface area contributed by atoms with E-state index < -0.39 is 0 Å². The van der Waals surface area contributed by atoms with E-state index in [0.29, 0.717) is 16.4 Å². The SMILES string of the molecule is COc1ccc(/C=C2\SC(=O)N(CCNC(=O)CN3c4ccccc4CC3C)C2=O)cc1OC. The highest BCUT2D eigenvalue weighted by Crippen LogP contribution is 2.34. The maximum absolute atomic E-state index is 12.8. The van der Waals surface area contributed by atoms with Crippen molar-refractivity contribution in [3.05, 3.63) is 58.5 Å². The van der Waals surface area contributed by atoms with E-state index in [-0.39, 0.29) is 42.7 Å². The molecular formula is C25H27N3O5S. The lowest BCUT2D eigenvalue weighted by molar-refractivity contribution is -0.124. The predicted octanol–water partition coefficient (Wildman–Crippen LogP) is 3.31. The Bertz CT molecular complexity index is 1150. The van der Waals surface area contributed by atoms with Gasteiger partial charge in [-0.05, 0) is 60.5 Å². The number of benzene rings is 2. The Hall–Kier alpha value is -3.46. The second-order valence-corrected chi connectivity index (χ2v) is 9.10. The topological polar surface area (TPSA) is 88.2 Å². The Morgan fingerprint density at radius 3 is 2.68 bits per heavy atom. The Balaban J connectivity index is 1.33. The molecule has 34 heavy (non-hydrogen) atoms. The molecule has 178 valence electrons. The van der Waals surface area contributed by atoms with Crippen LogP contribution < -0.4 is 19.7 Å². The van der Waals surface area contributed by atoms with Crippen LogP contribution in [-0.2, 0) is 16.0 Å². The number of nitrogens with zero attached hydrogens (tertiary/aromatic N) is 2. The van der Waals surface area contributed by atoms with Crippen molar-refractivity contribution in [1.82, 2.24) is 10.2 Å². The summed E-state index contributed by atoms with van der Waals surface area (Å²) < 4.78 is 10.5. The van der Waals surface area contributed by atoms with Crippen molar-refractivity contribution in [1.29, 1.82) is 0 Å². The van der Waals surface area contributed by atoms with Gasteiger partial charge in [0.15, 0.2) is 11.5 Å². The summed E-state index contributed by atoms with van der Waals surface area (Å²) in [5, 5.41) is 2.48. The van der Waals surface area contributed by atoms with Gasteiger partial charge in [-0.2, -0.15) is 0 Å². The van der Waals surface area contributed by atoms with Crippen LogP contribution in [0.1, 0.15) is 18.1 Å². The Morgan fingerprint density at radius 1 is 1.15 bits per heavy atom. The summed E-state index contributed by atoms with van der Waals surface area (Å²) >= 11 is 0.883. The molecule has 2 aromatic carbocycles. The van der Waals surface area contributed by atoms with E-state index >= 15 is 0 Å². The molecule has 2 aliphatic heterocycles. The first-order valence-electron chi connectivity index (χ1n) is 11.0. The number of amides is 3. The van der Waals surface area contributed by atoms with E-state index in [4.69, 9.17) is 9.47 Å². The predicted molar refractivity (Wildman–Crippen MR) is 132 cm³/mol. The van der Waals surface area contributed by atoms with Gasteiger partial charge in [0.1, 0.15) is 0 Å². The van der Waals surface area contributed by atoms with Gasteiger partial charge in [-0.25, -0.2) is 0 Å². The number of thioether (sulfide) groups is 1. The van der Waals surface area contributed by atoms with Crippen LogP contribution in [0.2, 0.25) is 0 Å². The molecule has 2 heterocycles. The molecule has 0 aliphatic carbocycles.